The zero-order valence-corrected chi connectivity index (χ0v) is 18.5. The van der Waals surface area contributed by atoms with Crippen molar-refractivity contribution >= 4 is 39.5 Å². The van der Waals surface area contributed by atoms with Crippen LogP contribution in [0.3, 0.4) is 0 Å². The molecule has 156 valence electrons. The zero-order chi connectivity index (χ0) is 21.8. The molecule has 0 saturated heterocycles. The molecule has 2 aromatic rings. The maximum absolute atomic E-state index is 13.8. The minimum Gasteiger partial charge on any atom is -0.466 e. The van der Waals surface area contributed by atoms with Crippen LogP contribution in [0.2, 0.25) is 5.02 Å². The van der Waals surface area contributed by atoms with E-state index in [1.54, 1.807) is 29.4 Å². The van der Waals surface area contributed by atoms with Gasteiger partial charge in [-0.25, -0.2) is 14.0 Å². The summed E-state index contributed by atoms with van der Waals surface area (Å²) in [6.45, 7) is 0.387. The second-order valence-corrected chi connectivity index (χ2v) is 7.85. The molecule has 0 aromatic heterocycles. The van der Waals surface area contributed by atoms with Crippen molar-refractivity contribution in [2.45, 2.75) is 12.5 Å². The fourth-order valence-electron chi connectivity index (χ4n) is 3.23. The molecule has 0 saturated carbocycles. The lowest BCUT2D eigenvalue weighted by molar-refractivity contribution is -0.137. The number of halogens is 3. The van der Waals surface area contributed by atoms with Gasteiger partial charge in [0.2, 0.25) is 0 Å². The maximum Gasteiger partial charge on any atom is 0.336 e. The Morgan fingerprint density at radius 1 is 1.03 bits per heavy atom. The van der Waals surface area contributed by atoms with Crippen molar-refractivity contribution in [3.8, 4) is 0 Å². The molecule has 1 aliphatic heterocycles. The largest absolute Gasteiger partial charge is 0.466 e. The fourth-order valence-corrected chi connectivity index (χ4v) is 3.75. The molecule has 3 rings (SSSR count). The van der Waals surface area contributed by atoms with Crippen molar-refractivity contribution in [2.75, 3.05) is 14.2 Å². The van der Waals surface area contributed by atoms with Crippen LogP contribution in [-0.2, 0) is 25.6 Å². The summed E-state index contributed by atoms with van der Waals surface area (Å²) in [6, 6.07) is 11.5. The molecule has 0 fully saturated rings. The van der Waals surface area contributed by atoms with Gasteiger partial charge in [0.15, 0.2) is 0 Å². The first kappa shape index (κ1) is 22.1. The van der Waals surface area contributed by atoms with Crippen LogP contribution in [0.5, 0.6) is 0 Å². The highest BCUT2D eigenvalue weighted by Gasteiger charge is 2.35. The predicted molar refractivity (Wildman–Crippen MR) is 114 cm³/mol. The quantitative estimate of drug-likeness (QED) is 0.550. The summed E-state index contributed by atoms with van der Waals surface area (Å²) in [5.74, 6) is -2.43. The molecule has 30 heavy (non-hydrogen) atoms. The van der Waals surface area contributed by atoms with Crippen LogP contribution in [0.25, 0.3) is 0 Å². The number of benzene rings is 2. The van der Waals surface area contributed by atoms with E-state index in [4.69, 9.17) is 21.1 Å². The number of ether oxygens (including phenoxy) is 2. The van der Waals surface area contributed by atoms with Crippen LogP contribution in [-0.4, -0.2) is 31.1 Å². The molecule has 0 atom stereocenters. The fraction of sp³-hybridized carbons (Fsp3) is 0.182. The topological polar surface area (TPSA) is 55.8 Å². The molecule has 0 unspecified atom stereocenters. The SMILES string of the molecule is COC(=O)C1=CN(Cc2ccc(Cl)cc2)C=C(C(=O)OC)C1c1ccc(F)c(Br)c1. The minimum absolute atomic E-state index is 0.219. The third kappa shape index (κ3) is 4.74. The summed E-state index contributed by atoms with van der Waals surface area (Å²) in [4.78, 5) is 26.9. The Morgan fingerprint density at radius 2 is 1.60 bits per heavy atom. The summed E-state index contributed by atoms with van der Waals surface area (Å²) >= 11 is 9.10. The van der Waals surface area contributed by atoms with Gasteiger partial charge in [0.1, 0.15) is 5.82 Å². The Bertz CT molecular complexity index is 1000. The van der Waals surface area contributed by atoms with E-state index in [1.807, 2.05) is 12.1 Å². The molecule has 0 radical (unpaired) electrons. The van der Waals surface area contributed by atoms with Gasteiger partial charge in [-0.2, -0.15) is 0 Å². The van der Waals surface area contributed by atoms with Crippen molar-refractivity contribution in [3.63, 3.8) is 0 Å². The summed E-state index contributed by atoms with van der Waals surface area (Å²) in [7, 11) is 2.53. The third-order valence-electron chi connectivity index (χ3n) is 4.63. The van der Waals surface area contributed by atoms with E-state index >= 15 is 0 Å². The average Bonchev–Trinajstić information content (AvgIpc) is 2.75. The van der Waals surface area contributed by atoms with Crippen LogP contribution in [0.15, 0.2) is 70.5 Å². The van der Waals surface area contributed by atoms with Crippen LogP contribution in [0.1, 0.15) is 17.0 Å². The molecule has 5 nitrogen and oxygen atoms in total. The van der Waals surface area contributed by atoms with Crippen LogP contribution in [0, 0.1) is 5.82 Å². The average molecular weight is 495 g/mol. The monoisotopic (exact) mass is 493 g/mol. The molecule has 0 amide bonds. The third-order valence-corrected chi connectivity index (χ3v) is 5.49. The van der Waals surface area contributed by atoms with Gasteiger partial charge >= 0.3 is 11.9 Å². The molecule has 0 bridgehead atoms. The van der Waals surface area contributed by atoms with E-state index in [2.05, 4.69) is 15.9 Å². The van der Waals surface area contributed by atoms with Crippen molar-refractivity contribution < 1.29 is 23.5 Å². The summed E-state index contributed by atoms with van der Waals surface area (Å²) in [5, 5.41) is 0.607. The first-order valence-corrected chi connectivity index (χ1v) is 10.1. The molecule has 2 aromatic carbocycles. The van der Waals surface area contributed by atoms with E-state index in [-0.39, 0.29) is 15.6 Å². The molecule has 1 aliphatic rings. The number of methoxy groups -OCH3 is 2. The smallest absolute Gasteiger partial charge is 0.336 e. The normalized spacial score (nSPS) is 14.1. The van der Waals surface area contributed by atoms with E-state index < -0.39 is 23.7 Å². The number of rotatable bonds is 5. The van der Waals surface area contributed by atoms with Gasteiger partial charge in [-0.3, -0.25) is 0 Å². The minimum atomic E-state index is -0.775. The maximum atomic E-state index is 13.8. The van der Waals surface area contributed by atoms with Gasteiger partial charge in [-0.05, 0) is 51.3 Å². The second kappa shape index (κ2) is 9.45. The lowest BCUT2D eigenvalue weighted by Crippen LogP contribution is -2.28. The Morgan fingerprint density at radius 3 is 2.10 bits per heavy atom. The Balaban J connectivity index is 2.08. The summed E-state index contributed by atoms with van der Waals surface area (Å²) < 4.78 is 23.9. The van der Waals surface area contributed by atoms with Crippen molar-refractivity contribution in [1.29, 1.82) is 0 Å². The molecule has 0 N–H and O–H groups in total. The number of carbonyl (C=O) groups excluding carboxylic acids is 2. The second-order valence-electron chi connectivity index (χ2n) is 6.56. The van der Waals surface area contributed by atoms with Gasteiger partial charge in [-0.15, -0.1) is 0 Å². The molecule has 8 heteroatoms. The highest BCUT2D eigenvalue weighted by molar-refractivity contribution is 9.10. The summed E-state index contributed by atoms with van der Waals surface area (Å²) in [6.07, 6.45) is 3.24. The van der Waals surface area contributed by atoms with E-state index in [1.165, 1.54) is 32.4 Å². The number of esters is 2. The Hall–Kier alpha value is -2.64. The highest BCUT2D eigenvalue weighted by atomic mass is 79.9. The molecular formula is C22H18BrClFNO4. The first-order chi connectivity index (χ1) is 14.3. The van der Waals surface area contributed by atoms with Crippen LogP contribution >= 0.6 is 27.5 Å². The number of hydrogen-bond acceptors (Lipinski definition) is 5. The Labute approximate surface area is 186 Å². The first-order valence-electron chi connectivity index (χ1n) is 8.89. The lowest BCUT2D eigenvalue weighted by Gasteiger charge is -2.30. The van der Waals surface area contributed by atoms with Gasteiger partial charge in [0.25, 0.3) is 0 Å². The number of carbonyl (C=O) groups is 2. The molecule has 0 spiro atoms. The van der Waals surface area contributed by atoms with Crippen molar-refractivity contribution in [3.05, 3.63) is 92.5 Å². The Kier molecular flexibility index (Phi) is 6.95. The highest BCUT2D eigenvalue weighted by Crippen LogP contribution is 2.38. The van der Waals surface area contributed by atoms with E-state index in [9.17, 15) is 14.0 Å². The number of hydrogen-bond donors (Lipinski definition) is 0. The standard InChI is InChI=1S/C22H18BrClFNO4/c1-29-21(27)16-11-26(10-13-3-6-15(24)7-4-13)12-17(22(28)30-2)20(16)14-5-8-19(25)18(23)9-14/h3-9,11-12,20H,10H2,1-2H3. The van der Waals surface area contributed by atoms with Gasteiger partial charge in [0.05, 0.1) is 35.8 Å². The van der Waals surface area contributed by atoms with E-state index in [0.29, 0.717) is 17.1 Å². The molecule has 0 aliphatic carbocycles. The van der Waals surface area contributed by atoms with Crippen LogP contribution < -0.4 is 0 Å². The summed E-state index contributed by atoms with van der Waals surface area (Å²) in [5.41, 5.74) is 1.92. The van der Waals surface area contributed by atoms with Crippen LogP contribution in [0.4, 0.5) is 4.39 Å². The molecular weight excluding hydrogens is 477 g/mol. The number of nitrogens with zero attached hydrogens (tertiary/aromatic N) is 1. The van der Waals surface area contributed by atoms with Crippen molar-refractivity contribution in [2.24, 2.45) is 0 Å². The van der Waals surface area contributed by atoms with Gasteiger partial charge < -0.3 is 14.4 Å². The lowest BCUT2D eigenvalue weighted by atomic mass is 9.83. The molecule has 1 heterocycles. The van der Waals surface area contributed by atoms with Gasteiger partial charge in [-0.1, -0.05) is 29.8 Å². The zero-order valence-electron chi connectivity index (χ0n) is 16.2. The predicted octanol–water partition coefficient (Wildman–Crippen LogP) is 4.95. The van der Waals surface area contributed by atoms with Crippen molar-refractivity contribution in [1.82, 2.24) is 4.90 Å². The van der Waals surface area contributed by atoms with E-state index in [0.717, 1.165) is 5.56 Å². The van der Waals surface area contributed by atoms with Gasteiger partial charge in [0, 0.05) is 24.0 Å².